The summed E-state index contributed by atoms with van der Waals surface area (Å²) in [5.41, 5.74) is 7.68. The van der Waals surface area contributed by atoms with Crippen molar-refractivity contribution in [2.24, 2.45) is 5.73 Å². The molecule has 2 rings (SSSR count). The summed E-state index contributed by atoms with van der Waals surface area (Å²) in [5.74, 6) is -1.54. The molecule has 5 N–H and O–H groups in total. The Morgan fingerprint density at radius 1 is 1.36 bits per heavy atom. The number of H-pyrrole nitrogens is 1. The number of hydrogen-bond donors (Lipinski definition) is 4. The van der Waals surface area contributed by atoms with Crippen LogP contribution in [-0.4, -0.2) is 40.8 Å². The number of nitrogens with two attached hydrogens (primary N) is 1. The fourth-order valence-corrected chi connectivity index (χ4v) is 1.74. The zero-order chi connectivity index (χ0) is 16.5. The molecule has 1 aromatic heterocycles. The van der Waals surface area contributed by atoms with Crippen LogP contribution in [0.5, 0.6) is 5.75 Å². The molecule has 22 heavy (non-hydrogen) atoms. The third-order valence-corrected chi connectivity index (χ3v) is 2.73. The third-order valence-electron chi connectivity index (χ3n) is 2.73. The summed E-state index contributed by atoms with van der Waals surface area (Å²) >= 11 is 0. The first-order valence-corrected chi connectivity index (χ1v) is 6.46. The van der Waals surface area contributed by atoms with Crippen LogP contribution in [0.25, 0.3) is 10.9 Å². The number of phenolic OH excluding ortho intramolecular Hbond substituents is 1. The van der Waals surface area contributed by atoms with Gasteiger partial charge in [0.25, 0.3) is 0 Å². The van der Waals surface area contributed by atoms with Crippen molar-refractivity contribution in [3.05, 3.63) is 42.1 Å². The minimum Gasteiger partial charge on any atom is -0.508 e. The second-order valence-electron chi connectivity index (χ2n) is 4.28. The highest BCUT2D eigenvalue weighted by atomic mass is 16.5. The number of phenols is 1. The summed E-state index contributed by atoms with van der Waals surface area (Å²) in [6.45, 7) is 0.628. The maximum absolute atomic E-state index is 10.1. The molecule has 0 spiro atoms. The fourth-order valence-electron chi connectivity index (χ4n) is 1.74. The summed E-state index contributed by atoms with van der Waals surface area (Å²) in [5, 5.41) is 18.3. The number of benzene rings is 1. The number of carbonyl (C=O) groups excluding carboxylic acids is 1. The molecule has 0 bridgehead atoms. The van der Waals surface area contributed by atoms with Crippen LogP contribution in [0.4, 0.5) is 0 Å². The molecule has 0 saturated heterocycles. The van der Waals surface area contributed by atoms with Crippen molar-refractivity contribution in [2.75, 3.05) is 13.7 Å². The van der Waals surface area contributed by atoms with Crippen molar-refractivity contribution in [1.29, 1.82) is 0 Å². The fraction of sp³-hybridized carbons (Fsp3) is 0.200. The number of nitrogens with one attached hydrogen (secondary N) is 1. The Morgan fingerprint density at radius 3 is 2.68 bits per heavy atom. The number of carbonyl (C=O) groups is 2. The lowest BCUT2D eigenvalue weighted by atomic mass is 10.1. The predicted octanol–water partition coefficient (Wildman–Crippen LogP) is 1.17. The van der Waals surface area contributed by atoms with E-state index in [2.05, 4.69) is 9.72 Å². The molecule has 0 unspecified atom stereocenters. The van der Waals surface area contributed by atoms with Gasteiger partial charge in [-0.15, -0.1) is 0 Å². The van der Waals surface area contributed by atoms with Crippen LogP contribution in [-0.2, 0) is 20.7 Å². The summed E-state index contributed by atoms with van der Waals surface area (Å²) in [7, 11) is 1.18. The van der Waals surface area contributed by atoms with E-state index in [-0.39, 0.29) is 0 Å². The Bertz CT molecular complexity index is 676. The first-order chi connectivity index (χ1) is 10.5. The number of aromatic amines is 1. The highest BCUT2D eigenvalue weighted by Crippen LogP contribution is 2.22. The van der Waals surface area contributed by atoms with Crippen LogP contribution >= 0.6 is 0 Å². The summed E-state index contributed by atoms with van der Waals surface area (Å²) in [6, 6.07) is 5.30. The van der Waals surface area contributed by atoms with E-state index in [9.17, 15) is 14.7 Å². The zero-order valence-electron chi connectivity index (χ0n) is 12.1. The van der Waals surface area contributed by atoms with Gasteiger partial charge in [-0.3, -0.25) is 0 Å². The maximum atomic E-state index is 10.1. The Labute approximate surface area is 127 Å². The normalized spacial score (nSPS) is 10.3. The van der Waals surface area contributed by atoms with Crippen LogP contribution in [0.2, 0.25) is 0 Å². The van der Waals surface area contributed by atoms with E-state index in [4.69, 9.17) is 10.8 Å². The topological polar surface area (TPSA) is 126 Å². The molecule has 7 heteroatoms. The molecular formula is C15H18N2O5. The molecule has 0 amide bonds. The minimum absolute atomic E-state index is 0.297. The zero-order valence-corrected chi connectivity index (χ0v) is 12.1. The first-order valence-electron chi connectivity index (χ1n) is 6.46. The molecule has 1 heterocycles. The number of ether oxygens (including phenoxy) is 1. The van der Waals surface area contributed by atoms with E-state index in [0.29, 0.717) is 18.4 Å². The van der Waals surface area contributed by atoms with Crippen molar-refractivity contribution in [2.45, 2.75) is 6.42 Å². The highest BCUT2D eigenvalue weighted by Gasteiger charge is 2.02. The monoisotopic (exact) mass is 306 g/mol. The quantitative estimate of drug-likeness (QED) is 0.496. The van der Waals surface area contributed by atoms with Crippen molar-refractivity contribution < 1.29 is 24.5 Å². The Hall–Kier alpha value is -2.80. The number of hydrogen-bond acceptors (Lipinski definition) is 5. The van der Waals surface area contributed by atoms with E-state index in [1.54, 1.807) is 12.1 Å². The van der Waals surface area contributed by atoms with E-state index in [1.165, 1.54) is 7.11 Å². The number of methoxy groups -OCH3 is 1. The molecular weight excluding hydrogens is 288 g/mol. The van der Waals surface area contributed by atoms with Gasteiger partial charge in [0.05, 0.1) is 7.11 Å². The SMILES string of the molecule is COC(=O)/C=C\C(=O)O.NCCc1c[nH]c2ccc(O)cc12. The average molecular weight is 306 g/mol. The second-order valence-corrected chi connectivity index (χ2v) is 4.28. The molecule has 0 saturated carbocycles. The first kappa shape index (κ1) is 17.3. The summed E-state index contributed by atoms with van der Waals surface area (Å²) in [6.07, 6.45) is 4.33. The average Bonchev–Trinajstić information content (AvgIpc) is 2.88. The van der Waals surface area contributed by atoms with Crippen LogP contribution < -0.4 is 5.73 Å². The summed E-state index contributed by atoms with van der Waals surface area (Å²) in [4.78, 5) is 23.0. The van der Waals surface area contributed by atoms with Gasteiger partial charge in [-0.2, -0.15) is 0 Å². The second kappa shape index (κ2) is 8.48. The summed E-state index contributed by atoms with van der Waals surface area (Å²) < 4.78 is 4.11. The predicted molar refractivity (Wildman–Crippen MR) is 81.5 cm³/mol. The molecule has 0 radical (unpaired) electrons. The van der Waals surface area contributed by atoms with Gasteiger partial charge in [0, 0.05) is 29.3 Å². The number of aliphatic carboxylic acids is 1. The third kappa shape index (κ3) is 5.29. The lowest BCUT2D eigenvalue weighted by molar-refractivity contribution is -0.136. The Balaban J connectivity index is 0.000000239. The number of rotatable bonds is 4. The van der Waals surface area contributed by atoms with Crippen molar-refractivity contribution in [1.82, 2.24) is 4.98 Å². The molecule has 2 aromatic rings. The van der Waals surface area contributed by atoms with Gasteiger partial charge in [0.2, 0.25) is 0 Å². The lowest BCUT2D eigenvalue weighted by Crippen LogP contribution is -2.01. The Kier molecular flexibility index (Phi) is 6.65. The van der Waals surface area contributed by atoms with E-state index in [1.807, 2.05) is 12.3 Å². The van der Waals surface area contributed by atoms with Crippen molar-refractivity contribution in [3.8, 4) is 5.75 Å². The maximum Gasteiger partial charge on any atom is 0.330 e. The van der Waals surface area contributed by atoms with Crippen LogP contribution in [0, 0.1) is 0 Å². The highest BCUT2D eigenvalue weighted by molar-refractivity contribution is 5.90. The Morgan fingerprint density at radius 2 is 2.09 bits per heavy atom. The van der Waals surface area contributed by atoms with Crippen molar-refractivity contribution in [3.63, 3.8) is 0 Å². The number of aromatic nitrogens is 1. The molecule has 0 fully saturated rings. The van der Waals surface area contributed by atoms with Gasteiger partial charge in [0.15, 0.2) is 0 Å². The number of carboxylic acids is 1. The van der Waals surface area contributed by atoms with E-state index < -0.39 is 11.9 Å². The van der Waals surface area contributed by atoms with Gasteiger partial charge in [0.1, 0.15) is 5.75 Å². The standard InChI is InChI=1S/C10H12N2O.C5H6O4/c11-4-3-7-6-12-10-2-1-8(13)5-9(7)10;1-9-5(8)3-2-4(6)7/h1-2,5-6,12-13H,3-4,11H2;2-3H,1H3,(H,6,7)/b;3-2-. The molecule has 118 valence electrons. The smallest absolute Gasteiger partial charge is 0.330 e. The van der Waals surface area contributed by atoms with Crippen molar-refractivity contribution >= 4 is 22.8 Å². The van der Waals surface area contributed by atoms with E-state index in [0.717, 1.165) is 29.0 Å². The van der Waals surface area contributed by atoms with Gasteiger partial charge < -0.3 is 25.7 Å². The number of aromatic hydroxyl groups is 1. The number of carboxylic acid groups (broad SMARTS) is 1. The number of fused-ring (bicyclic) bond motifs is 1. The molecule has 1 aromatic carbocycles. The molecule has 0 aliphatic rings. The van der Waals surface area contributed by atoms with E-state index >= 15 is 0 Å². The largest absolute Gasteiger partial charge is 0.508 e. The number of esters is 1. The molecule has 7 nitrogen and oxygen atoms in total. The van der Waals surface area contributed by atoms with Gasteiger partial charge in [-0.25, -0.2) is 9.59 Å². The van der Waals surface area contributed by atoms with Crippen LogP contribution in [0.15, 0.2) is 36.5 Å². The molecule has 0 aliphatic heterocycles. The van der Waals surface area contributed by atoms with Gasteiger partial charge >= 0.3 is 11.9 Å². The van der Waals surface area contributed by atoms with Crippen LogP contribution in [0.1, 0.15) is 5.56 Å². The van der Waals surface area contributed by atoms with Gasteiger partial charge in [-0.05, 0) is 36.7 Å². The molecule has 0 aliphatic carbocycles. The molecule has 0 atom stereocenters. The van der Waals surface area contributed by atoms with Gasteiger partial charge in [-0.1, -0.05) is 0 Å². The lowest BCUT2D eigenvalue weighted by Gasteiger charge is -1.96. The minimum atomic E-state index is -1.17. The van der Waals surface area contributed by atoms with Crippen LogP contribution in [0.3, 0.4) is 0 Å².